The Kier molecular flexibility index (Phi) is 3.39. The third-order valence-electron chi connectivity index (χ3n) is 2.20. The lowest BCUT2D eigenvalue weighted by Gasteiger charge is -2.08. The highest BCUT2D eigenvalue weighted by atomic mass is 16.6. The molecule has 0 aromatic heterocycles. The van der Waals surface area contributed by atoms with Crippen LogP contribution in [-0.2, 0) is 0 Å². The molecule has 0 aliphatic carbocycles. The molecule has 0 bridgehead atoms. The fraction of sp³-hybridized carbons (Fsp3) is 0.0833. The summed E-state index contributed by atoms with van der Waals surface area (Å²) in [5.41, 5.74) is 1.20. The van der Waals surface area contributed by atoms with Gasteiger partial charge in [-0.2, -0.15) is 0 Å². The first kappa shape index (κ1) is 11.2. The van der Waals surface area contributed by atoms with Gasteiger partial charge in [0.15, 0.2) is 0 Å². The quantitative estimate of drug-likeness (QED) is 0.555. The van der Waals surface area contributed by atoms with E-state index in [4.69, 9.17) is 0 Å². The molecule has 0 amide bonds. The molecule has 0 aliphatic rings. The third-order valence-corrected chi connectivity index (χ3v) is 2.20. The van der Waals surface area contributed by atoms with Crippen LogP contribution in [0.25, 0.3) is 6.08 Å². The van der Waals surface area contributed by atoms with Gasteiger partial charge in [-0.3, -0.25) is 10.1 Å². The van der Waals surface area contributed by atoms with Crippen LogP contribution in [0.1, 0.15) is 18.1 Å². The molecule has 1 aromatic rings. The number of rotatable bonds is 4. The predicted molar refractivity (Wildman–Crippen MR) is 61.4 cm³/mol. The minimum Gasteiger partial charge on any atom is -0.258 e. The molecule has 15 heavy (non-hydrogen) atoms. The van der Waals surface area contributed by atoms with E-state index in [2.05, 4.69) is 13.2 Å². The Morgan fingerprint density at radius 1 is 1.47 bits per heavy atom. The summed E-state index contributed by atoms with van der Waals surface area (Å²) in [6.07, 6.45) is 3.09. The lowest BCUT2D eigenvalue weighted by Crippen LogP contribution is -2.00. The number of allylic oxidation sites excluding steroid dienone is 1. The van der Waals surface area contributed by atoms with Crippen molar-refractivity contribution in [2.45, 2.75) is 6.92 Å². The molecule has 3 heteroatoms. The normalized spacial score (nSPS) is 10.0. The van der Waals surface area contributed by atoms with Gasteiger partial charge < -0.3 is 0 Å². The van der Waals surface area contributed by atoms with Crippen molar-refractivity contribution in [3.8, 4) is 0 Å². The molecule has 0 unspecified atom stereocenters. The maximum Gasteiger partial charge on any atom is 0.280 e. The highest BCUT2D eigenvalue weighted by molar-refractivity contribution is 5.66. The zero-order chi connectivity index (χ0) is 11.4. The number of nitro groups is 1. The molecule has 3 nitrogen and oxygen atoms in total. The van der Waals surface area contributed by atoms with E-state index >= 15 is 0 Å². The molecule has 0 atom stereocenters. The van der Waals surface area contributed by atoms with Crippen LogP contribution in [0.2, 0.25) is 0 Å². The molecule has 0 heterocycles. The molecular formula is C12H12NO2. The van der Waals surface area contributed by atoms with Gasteiger partial charge in [0, 0.05) is 11.5 Å². The van der Waals surface area contributed by atoms with Crippen molar-refractivity contribution in [3.05, 3.63) is 64.6 Å². The molecule has 1 rings (SSSR count). The van der Waals surface area contributed by atoms with Crippen LogP contribution in [0.5, 0.6) is 0 Å². The summed E-state index contributed by atoms with van der Waals surface area (Å²) < 4.78 is 0. The first-order valence-corrected chi connectivity index (χ1v) is 4.48. The average Bonchev–Trinajstić information content (AvgIpc) is 2.26. The van der Waals surface area contributed by atoms with Crippen LogP contribution in [0, 0.1) is 16.0 Å². The van der Waals surface area contributed by atoms with Gasteiger partial charge in [0.2, 0.25) is 0 Å². The predicted octanol–water partition coefficient (Wildman–Crippen LogP) is 3.37. The Hall–Kier alpha value is -1.90. The topological polar surface area (TPSA) is 43.1 Å². The fourth-order valence-corrected chi connectivity index (χ4v) is 1.36. The molecule has 0 saturated carbocycles. The smallest absolute Gasteiger partial charge is 0.258 e. The van der Waals surface area contributed by atoms with Crippen molar-refractivity contribution < 1.29 is 4.92 Å². The van der Waals surface area contributed by atoms with Crippen LogP contribution < -0.4 is 0 Å². The second kappa shape index (κ2) is 4.55. The number of nitro benzene ring substituents is 1. The van der Waals surface area contributed by atoms with Crippen LogP contribution in [0.3, 0.4) is 0 Å². The minimum atomic E-state index is -0.390. The van der Waals surface area contributed by atoms with E-state index in [0.29, 0.717) is 11.1 Å². The van der Waals surface area contributed by atoms with E-state index in [0.717, 1.165) is 5.92 Å². The summed E-state index contributed by atoms with van der Waals surface area (Å²) in [5.74, 6) is 0.783. The lowest BCUT2D eigenvalue weighted by atomic mass is 9.96. The van der Waals surface area contributed by atoms with Crippen molar-refractivity contribution in [3.63, 3.8) is 0 Å². The number of hydrogen-bond acceptors (Lipinski definition) is 2. The summed E-state index contributed by atoms with van der Waals surface area (Å²) >= 11 is 0. The Morgan fingerprint density at radius 3 is 2.60 bits per heavy atom. The SMILES string of the molecule is C=C[C](C)c1cccc(C=C)c1[N+](=O)[O-]. The third kappa shape index (κ3) is 2.13. The first-order valence-electron chi connectivity index (χ1n) is 4.48. The number of hydrogen-bond donors (Lipinski definition) is 0. The summed E-state index contributed by atoms with van der Waals surface area (Å²) in [6, 6.07) is 5.15. The van der Waals surface area contributed by atoms with Crippen molar-refractivity contribution >= 4 is 11.8 Å². The monoisotopic (exact) mass is 202 g/mol. The van der Waals surface area contributed by atoms with Gasteiger partial charge in [0.1, 0.15) is 0 Å². The van der Waals surface area contributed by atoms with Gasteiger partial charge >= 0.3 is 0 Å². The largest absolute Gasteiger partial charge is 0.280 e. The van der Waals surface area contributed by atoms with Crippen LogP contribution in [0.4, 0.5) is 5.69 Å². The van der Waals surface area contributed by atoms with Crippen molar-refractivity contribution in [1.29, 1.82) is 0 Å². The minimum absolute atomic E-state index is 0.0879. The molecule has 0 aliphatic heterocycles. The van der Waals surface area contributed by atoms with Crippen molar-refractivity contribution in [2.24, 2.45) is 0 Å². The average molecular weight is 202 g/mol. The van der Waals surface area contributed by atoms with E-state index < -0.39 is 0 Å². The molecule has 0 spiro atoms. The fourth-order valence-electron chi connectivity index (χ4n) is 1.36. The van der Waals surface area contributed by atoms with E-state index in [1.807, 2.05) is 0 Å². The Bertz CT molecular complexity index is 410. The van der Waals surface area contributed by atoms with Crippen LogP contribution >= 0.6 is 0 Å². The van der Waals surface area contributed by atoms with Crippen molar-refractivity contribution in [2.75, 3.05) is 0 Å². The Balaban J connectivity index is 3.44. The second-order valence-corrected chi connectivity index (χ2v) is 3.09. The molecule has 0 N–H and O–H groups in total. The highest BCUT2D eigenvalue weighted by Gasteiger charge is 2.20. The summed E-state index contributed by atoms with van der Waals surface area (Å²) in [7, 11) is 0. The van der Waals surface area contributed by atoms with Gasteiger partial charge in [-0.05, 0) is 6.07 Å². The second-order valence-electron chi connectivity index (χ2n) is 3.09. The first-order chi connectivity index (χ1) is 7.11. The highest BCUT2D eigenvalue weighted by Crippen LogP contribution is 2.30. The molecule has 0 saturated heterocycles. The molecule has 1 radical (unpaired) electrons. The van der Waals surface area contributed by atoms with Gasteiger partial charge in [0.05, 0.1) is 10.5 Å². The number of para-hydroxylation sites is 1. The maximum absolute atomic E-state index is 10.9. The lowest BCUT2D eigenvalue weighted by molar-refractivity contribution is -0.385. The maximum atomic E-state index is 10.9. The van der Waals surface area contributed by atoms with Gasteiger partial charge in [-0.15, -0.1) is 6.58 Å². The van der Waals surface area contributed by atoms with Crippen molar-refractivity contribution in [1.82, 2.24) is 0 Å². The number of nitrogens with zero attached hydrogens (tertiary/aromatic N) is 1. The molecule has 77 valence electrons. The Labute approximate surface area is 88.9 Å². The van der Waals surface area contributed by atoms with E-state index in [1.165, 1.54) is 6.08 Å². The Morgan fingerprint density at radius 2 is 2.13 bits per heavy atom. The van der Waals surface area contributed by atoms with Crippen LogP contribution in [0.15, 0.2) is 37.4 Å². The van der Waals surface area contributed by atoms with Gasteiger partial charge in [-0.1, -0.05) is 37.8 Å². The summed E-state index contributed by atoms with van der Waals surface area (Å²) in [4.78, 5) is 10.5. The van der Waals surface area contributed by atoms with E-state index in [9.17, 15) is 10.1 Å². The molecular weight excluding hydrogens is 190 g/mol. The zero-order valence-electron chi connectivity index (χ0n) is 8.56. The summed E-state index contributed by atoms with van der Waals surface area (Å²) in [5, 5.41) is 10.9. The van der Waals surface area contributed by atoms with Gasteiger partial charge in [-0.25, -0.2) is 0 Å². The van der Waals surface area contributed by atoms with E-state index in [1.54, 1.807) is 31.2 Å². The molecule has 0 fully saturated rings. The summed E-state index contributed by atoms with van der Waals surface area (Å²) in [6.45, 7) is 8.96. The van der Waals surface area contributed by atoms with Crippen LogP contribution in [-0.4, -0.2) is 4.92 Å². The van der Waals surface area contributed by atoms with E-state index in [-0.39, 0.29) is 10.6 Å². The van der Waals surface area contributed by atoms with Gasteiger partial charge in [0.25, 0.3) is 5.69 Å². The molecule has 1 aromatic carbocycles. The number of benzene rings is 1. The standard InChI is InChI=1S/C12H12NO2/c1-4-9(3)11-8-6-7-10(5-2)12(11)13(14)15/h4-8H,1-2H2,3H3. The zero-order valence-corrected chi connectivity index (χ0v) is 8.56.